The lowest BCUT2D eigenvalue weighted by Gasteiger charge is -2.14. The van der Waals surface area contributed by atoms with Gasteiger partial charge in [0.15, 0.2) is 5.16 Å². The number of likely N-dealkylation sites (tertiary alicyclic amines) is 1. The number of para-hydroxylation sites is 2. The van der Waals surface area contributed by atoms with E-state index in [1.807, 2.05) is 23.1 Å². The Balaban J connectivity index is 1.75. The van der Waals surface area contributed by atoms with Gasteiger partial charge in [0, 0.05) is 26.7 Å². The highest BCUT2D eigenvalue weighted by molar-refractivity contribution is 7.99. The quantitative estimate of drug-likeness (QED) is 0.767. The van der Waals surface area contributed by atoms with Crippen LogP contribution < -0.4 is 0 Å². The molecule has 0 aliphatic carbocycles. The molecule has 1 amide bonds. The summed E-state index contributed by atoms with van der Waals surface area (Å²) in [5, 5.41) is 0.894. The van der Waals surface area contributed by atoms with Crippen molar-refractivity contribution in [2.45, 2.75) is 24.5 Å². The van der Waals surface area contributed by atoms with E-state index in [-0.39, 0.29) is 5.91 Å². The van der Waals surface area contributed by atoms with Gasteiger partial charge in [0.1, 0.15) is 0 Å². The maximum atomic E-state index is 12.2. The summed E-state index contributed by atoms with van der Waals surface area (Å²) in [6, 6.07) is 8.06. The molecule has 1 aliphatic heterocycles. The third-order valence-electron chi connectivity index (χ3n) is 3.92. The first kappa shape index (κ1) is 15.4. The number of hydrogen-bond acceptors (Lipinski definition) is 4. The summed E-state index contributed by atoms with van der Waals surface area (Å²) in [6.07, 6.45) is 2.26. The smallest absolute Gasteiger partial charge is 0.233 e. The fraction of sp³-hybridized carbons (Fsp3) is 0.500. The third-order valence-corrected chi connectivity index (χ3v) is 4.88. The maximum Gasteiger partial charge on any atom is 0.233 e. The Morgan fingerprint density at radius 2 is 2.09 bits per heavy atom. The van der Waals surface area contributed by atoms with E-state index >= 15 is 0 Å². The van der Waals surface area contributed by atoms with Gasteiger partial charge in [-0.1, -0.05) is 23.9 Å². The van der Waals surface area contributed by atoms with Gasteiger partial charge in [-0.05, 0) is 25.0 Å². The Hall–Kier alpha value is -1.53. The Kier molecular flexibility index (Phi) is 5.00. The van der Waals surface area contributed by atoms with Crippen molar-refractivity contribution in [3.05, 3.63) is 24.3 Å². The first-order valence-electron chi connectivity index (χ1n) is 7.64. The molecular weight excluding hydrogens is 298 g/mol. The Bertz CT molecular complexity index is 650. The van der Waals surface area contributed by atoms with Crippen molar-refractivity contribution in [1.29, 1.82) is 0 Å². The molecule has 6 heteroatoms. The second-order valence-electron chi connectivity index (χ2n) is 5.40. The molecule has 0 spiro atoms. The average Bonchev–Trinajstić information content (AvgIpc) is 3.18. The maximum absolute atomic E-state index is 12.2. The number of thioether (sulfide) groups is 1. The number of carbonyl (C=O) groups is 1. The van der Waals surface area contributed by atoms with Crippen LogP contribution in [0.5, 0.6) is 0 Å². The number of nitrogens with zero attached hydrogens (tertiary/aromatic N) is 3. The summed E-state index contributed by atoms with van der Waals surface area (Å²) in [5.74, 6) is 0.670. The molecular formula is C16H21N3O2S. The first-order valence-corrected chi connectivity index (χ1v) is 8.63. The van der Waals surface area contributed by atoms with Crippen LogP contribution in [0.1, 0.15) is 12.8 Å². The monoisotopic (exact) mass is 319 g/mol. The van der Waals surface area contributed by atoms with Crippen molar-refractivity contribution in [2.24, 2.45) is 0 Å². The van der Waals surface area contributed by atoms with Crippen LogP contribution in [0.15, 0.2) is 29.4 Å². The summed E-state index contributed by atoms with van der Waals surface area (Å²) < 4.78 is 7.33. The number of fused-ring (bicyclic) bond motifs is 1. The van der Waals surface area contributed by atoms with Crippen molar-refractivity contribution in [1.82, 2.24) is 14.5 Å². The molecule has 1 fully saturated rings. The number of ether oxygens (including phenoxy) is 1. The van der Waals surface area contributed by atoms with Crippen LogP contribution in [0.25, 0.3) is 11.0 Å². The zero-order chi connectivity index (χ0) is 15.4. The third kappa shape index (κ3) is 3.28. The van der Waals surface area contributed by atoms with Crippen LogP contribution in [0, 0.1) is 0 Å². The van der Waals surface area contributed by atoms with Gasteiger partial charge in [-0.25, -0.2) is 4.98 Å². The minimum absolute atomic E-state index is 0.216. The van der Waals surface area contributed by atoms with E-state index in [0.717, 1.165) is 48.7 Å². The van der Waals surface area contributed by atoms with Crippen LogP contribution in [-0.2, 0) is 16.1 Å². The molecule has 0 radical (unpaired) electrons. The number of benzene rings is 1. The fourth-order valence-electron chi connectivity index (χ4n) is 2.75. The molecule has 1 saturated heterocycles. The molecule has 0 bridgehead atoms. The predicted molar refractivity (Wildman–Crippen MR) is 88.1 cm³/mol. The SMILES string of the molecule is COCCn1c(SCC(=O)N2CCCC2)nc2ccccc21. The van der Waals surface area contributed by atoms with Crippen LogP contribution in [-0.4, -0.2) is 52.9 Å². The molecule has 22 heavy (non-hydrogen) atoms. The number of methoxy groups -OCH3 is 1. The first-order chi connectivity index (χ1) is 10.8. The summed E-state index contributed by atoms with van der Waals surface area (Å²) in [5.41, 5.74) is 2.06. The van der Waals surface area contributed by atoms with Crippen LogP contribution in [0.3, 0.4) is 0 Å². The van der Waals surface area contributed by atoms with Gasteiger partial charge in [0.05, 0.1) is 23.4 Å². The number of hydrogen-bond donors (Lipinski definition) is 0. The number of rotatable bonds is 6. The van der Waals surface area contributed by atoms with Gasteiger partial charge in [-0.15, -0.1) is 0 Å². The van der Waals surface area contributed by atoms with E-state index in [1.165, 1.54) is 11.8 Å². The minimum atomic E-state index is 0.216. The Morgan fingerprint density at radius 3 is 2.86 bits per heavy atom. The minimum Gasteiger partial charge on any atom is -0.383 e. The summed E-state index contributed by atoms with van der Waals surface area (Å²) in [6.45, 7) is 3.18. The van der Waals surface area contributed by atoms with E-state index in [4.69, 9.17) is 4.74 Å². The van der Waals surface area contributed by atoms with Gasteiger partial charge in [0.2, 0.25) is 5.91 Å². The molecule has 1 aliphatic rings. The molecule has 1 aromatic carbocycles. The highest BCUT2D eigenvalue weighted by atomic mass is 32.2. The van der Waals surface area contributed by atoms with Gasteiger partial charge in [-0.3, -0.25) is 4.79 Å². The van der Waals surface area contributed by atoms with E-state index in [0.29, 0.717) is 12.4 Å². The van der Waals surface area contributed by atoms with E-state index in [1.54, 1.807) is 7.11 Å². The number of amides is 1. The molecule has 1 aromatic heterocycles. The Labute approximate surface area is 134 Å². The van der Waals surface area contributed by atoms with Gasteiger partial charge in [0.25, 0.3) is 0 Å². The molecule has 2 heterocycles. The predicted octanol–water partition coefficient (Wildman–Crippen LogP) is 2.40. The van der Waals surface area contributed by atoms with Gasteiger partial charge < -0.3 is 14.2 Å². The zero-order valence-corrected chi connectivity index (χ0v) is 13.6. The fourth-order valence-corrected chi connectivity index (χ4v) is 3.69. The summed E-state index contributed by atoms with van der Waals surface area (Å²) in [4.78, 5) is 18.8. The molecule has 118 valence electrons. The van der Waals surface area contributed by atoms with Crippen molar-refractivity contribution in [2.75, 3.05) is 32.6 Å². The second-order valence-corrected chi connectivity index (χ2v) is 6.35. The average molecular weight is 319 g/mol. The van der Waals surface area contributed by atoms with E-state index in [2.05, 4.69) is 15.6 Å². The molecule has 0 atom stereocenters. The number of aromatic nitrogens is 2. The lowest BCUT2D eigenvalue weighted by atomic mass is 10.3. The lowest BCUT2D eigenvalue weighted by molar-refractivity contribution is -0.127. The summed E-state index contributed by atoms with van der Waals surface area (Å²) >= 11 is 1.52. The van der Waals surface area contributed by atoms with Crippen LogP contribution in [0.2, 0.25) is 0 Å². The van der Waals surface area contributed by atoms with E-state index in [9.17, 15) is 4.79 Å². The van der Waals surface area contributed by atoms with Gasteiger partial charge >= 0.3 is 0 Å². The number of imidazole rings is 1. The molecule has 2 aromatic rings. The Morgan fingerprint density at radius 1 is 1.32 bits per heavy atom. The zero-order valence-electron chi connectivity index (χ0n) is 12.8. The highest BCUT2D eigenvalue weighted by Gasteiger charge is 2.19. The number of carbonyl (C=O) groups excluding carboxylic acids is 1. The standard InChI is InChI=1S/C16H21N3O2S/c1-21-11-10-19-14-7-3-2-6-13(14)17-16(19)22-12-15(20)18-8-4-5-9-18/h2-3,6-7H,4-5,8-12H2,1H3. The molecule has 5 nitrogen and oxygen atoms in total. The van der Waals surface area contributed by atoms with Crippen molar-refractivity contribution < 1.29 is 9.53 Å². The van der Waals surface area contributed by atoms with Crippen LogP contribution in [0.4, 0.5) is 0 Å². The van der Waals surface area contributed by atoms with Crippen LogP contribution >= 0.6 is 11.8 Å². The van der Waals surface area contributed by atoms with Gasteiger partial charge in [-0.2, -0.15) is 0 Å². The molecule has 0 unspecified atom stereocenters. The second kappa shape index (κ2) is 7.15. The van der Waals surface area contributed by atoms with Crippen molar-refractivity contribution >= 4 is 28.7 Å². The van der Waals surface area contributed by atoms with E-state index < -0.39 is 0 Å². The van der Waals surface area contributed by atoms with Crippen molar-refractivity contribution in [3.8, 4) is 0 Å². The molecule has 0 saturated carbocycles. The molecule has 0 N–H and O–H groups in total. The van der Waals surface area contributed by atoms with Crippen molar-refractivity contribution in [3.63, 3.8) is 0 Å². The molecule has 3 rings (SSSR count). The topological polar surface area (TPSA) is 47.4 Å². The normalized spacial score (nSPS) is 14.9. The highest BCUT2D eigenvalue weighted by Crippen LogP contribution is 2.24. The summed E-state index contributed by atoms with van der Waals surface area (Å²) in [7, 11) is 1.70. The largest absolute Gasteiger partial charge is 0.383 e. The lowest BCUT2D eigenvalue weighted by Crippen LogP contribution is -2.29.